The number of ether oxygens (including phenoxy) is 1. The van der Waals surface area contributed by atoms with Crippen molar-refractivity contribution >= 4 is 27.7 Å². The van der Waals surface area contributed by atoms with Gasteiger partial charge in [0.05, 0.1) is 0 Å². The van der Waals surface area contributed by atoms with Crippen LogP contribution in [0.25, 0.3) is 0 Å². The third-order valence-corrected chi connectivity index (χ3v) is 1.96. The highest BCUT2D eigenvalue weighted by atomic mass is 79.9. The Balaban J connectivity index is 0.00000121. The van der Waals surface area contributed by atoms with E-state index in [9.17, 15) is 4.79 Å². The second kappa shape index (κ2) is 7.33. The molecule has 0 aliphatic carbocycles. The Bertz CT molecular complexity index is 359. The number of benzene rings is 1. The van der Waals surface area contributed by atoms with Gasteiger partial charge >= 0.3 is 6.09 Å². The Labute approximate surface area is 112 Å². The van der Waals surface area contributed by atoms with Gasteiger partial charge in [-0.15, -0.1) is 0 Å². The van der Waals surface area contributed by atoms with Gasteiger partial charge in [-0.3, -0.25) is 5.32 Å². The highest BCUT2D eigenvalue weighted by molar-refractivity contribution is 9.10. The number of rotatable bonds is 1. The van der Waals surface area contributed by atoms with Crippen molar-refractivity contribution in [3.8, 4) is 0 Å². The predicted octanol–water partition coefficient (Wildman–Crippen LogP) is 4.82. The van der Waals surface area contributed by atoms with Gasteiger partial charge in [0.25, 0.3) is 0 Å². The topological polar surface area (TPSA) is 38.3 Å². The molecule has 1 aromatic carbocycles. The molecule has 0 bridgehead atoms. The number of anilines is 1. The maximum absolute atomic E-state index is 11.4. The van der Waals surface area contributed by atoms with Crippen LogP contribution in [0.4, 0.5) is 10.5 Å². The molecule has 0 fully saturated rings. The lowest BCUT2D eigenvalue weighted by Crippen LogP contribution is -2.27. The predicted molar refractivity (Wildman–Crippen MR) is 75.3 cm³/mol. The number of nitrogens with one attached hydrogen (secondary N) is 1. The summed E-state index contributed by atoms with van der Waals surface area (Å²) in [6.07, 6.45) is -0.444. The Morgan fingerprint density at radius 2 is 1.88 bits per heavy atom. The van der Waals surface area contributed by atoms with Crippen LogP contribution < -0.4 is 5.32 Å². The third kappa shape index (κ3) is 7.80. The van der Waals surface area contributed by atoms with E-state index in [1.807, 2.05) is 52.8 Å². The zero-order valence-electron chi connectivity index (χ0n) is 11.0. The van der Waals surface area contributed by atoms with Crippen LogP contribution in [-0.4, -0.2) is 11.7 Å². The highest BCUT2D eigenvalue weighted by Crippen LogP contribution is 2.16. The Morgan fingerprint density at radius 3 is 2.35 bits per heavy atom. The summed E-state index contributed by atoms with van der Waals surface area (Å²) in [6.45, 7) is 9.48. The van der Waals surface area contributed by atoms with Crippen molar-refractivity contribution in [2.24, 2.45) is 0 Å². The van der Waals surface area contributed by atoms with Crippen molar-refractivity contribution in [1.29, 1.82) is 0 Å². The van der Waals surface area contributed by atoms with E-state index >= 15 is 0 Å². The van der Waals surface area contributed by atoms with Crippen LogP contribution in [-0.2, 0) is 4.74 Å². The van der Waals surface area contributed by atoms with E-state index in [0.717, 1.165) is 4.47 Å². The molecular formula is C13H20BrNO2. The average Bonchev–Trinajstić information content (AvgIpc) is 2.17. The summed E-state index contributed by atoms with van der Waals surface area (Å²) in [4.78, 5) is 11.4. The summed E-state index contributed by atoms with van der Waals surface area (Å²) in [7, 11) is 0. The molecule has 1 amide bonds. The van der Waals surface area contributed by atoms with E-state index in [1.165, 1.54) is 0 Å². The van der Waals surface area contributed by atoms with E-state index in [2.05, 4.69) is 21.2 Å². The van der Waals surface area contributed by atoms with Crippen LogP contribution in [0.2, 0.25) is 0 Å². The second-order valence-electron chi connectivity index (χ2n) is 4.14. The van der Waals surface area contributed by atoms with Crippen molar-refractivity contribution < 1.29 is 9.53 Å². The molecule has 0 saturated carbocycles. The lowest BCUT2D eigenvalue weighted by Gasteiger charge is -2.19. The van der Waals surface area contributed by atoms with Crippen molar-refractivity contribution in [1.82, 2.24) is 0 Å². The van der Waals surface area contributed by atoms with Crippen LogP contribution in [0.1, 0.15) is 34.6 Å². The van der Waals surface area contributed by atoms with Gasteiger partial charge in [-0.1, -0.05) is 35.8 Å². The summed E-state index contributed by atoms with van der Waals surface area (Å²) in [5, 5.41) is 2.65. The Hall–Kier alpha value is -1.03. The van der Waals surface area contributed by atoms with Gasteiger partial charge in [-0.05, 0) is 39.0 Å². The maximum atomic E-state index is 11.4. The van der Waals surface area contributed by atoms with Gasteiger partial charge in [-0.25, -0.2) is 4.79 Å². The molecule has 0 heterocycles. The SMILES string of the molecule is CC.CC(C)(C)OC(=O)Nc1cccc(Br)c1. The molecule has 17 heavy (non-hydrogen) atoms. The molecule has 0 aromatic heterocycles. The van der Waals surface area contributed by atoms with Crippen LogP contribution in [0.5, 0.6) is 0 Å². The van der Waals surface area contributed by atoms with Gasteiger partial charge in [0.2, 0.25) is 0 Å². The van der Waals surface area contributed by atoms with Crippen LogP contribution in [0, 0.1) is 0 Å². The quantitative estimate of drug-likeness (QED) is 0.807. The summed E-state index contributed by atoms with van der Waals surface area (Å²) in [6, 6.07) is 7.34. The van der Waals surface area contributed by atoms with Crippen LogP contribution >= 0.6 is 15.9 Å². The summed E-state index contributed by atoms with van der Waals surface area (Å²) >= 11 is 3.32. The molecule has 0 aliphatic rings. The normalized spacial score (nSPS) is 10.0. The van der Waals surface area contributed by atoms with Crippen LogP contribution in [0.15, 0.2) is 28.7 Å². The molecule has 3 nitrogen and oxygen atoms in total. The summed E-state index contributed by atoms with van der Waals surface area (Å²) in [5.41, 5.74) is 0.231. The van der Waals surface area contributed by atoms with Gasteiger partial charge < -0.3 is 4.74 Å². The van der Waals surface area contributed by atoms with Gasteiger partial charge in [0, 0.05) is 10.2 Å². The maximum Gasteiger partial charge on any atom is 0.412 e. The van der Waals surface area contributed by atoms with Crippen molar-refractivity contribution in [3.63, 3.8) is 0 Å². The molecule has 96 valence electrons. The fourth-order valence-electron chi connectivity index (χ4n) is 0.988. The van der Waals surface area contributed by atoms with E-state index in [1.54, 1.807) is 6.07 Å². The molecule has 1 aromatic rings. The zero-order chi connectivity index (χ0) is 13.5. The largest absolute Gasteiger partial charge is 0.444 e. The fraction of sp³-hybridized carbons (Fsp3) is 0.462. The van der Waals surface area contributed by atoms with Crippen molar-refractivity contribution in [2.45, 2.75) is 40.2 Å². The standard InChI is InChI=1S/C11H14BrNO2.C2H6/c1-11(2,3)15-10(14)13-9-6-4-5-8(12)7-9;1-2/h4-7H,1-3H3,(H,13,14);1-2H3. The first-order chi connectivity index (χ1) is 7.87. The van der Waals surface area contributed by atoms with Gasteiger partial charge in [0.15, 0.2) is 0 Å². The second-order valence-corrected chi connectivity index (χ2v) is 5.05. The minimum atomic E-state index is -0.476. The van der Waals surface area contributed by atoms with Gasteiger partial charge in [0.1, 0.15) is 5.60 Å². The Morgan fingerprint density at radius 1 is 1.29 bits per heavy atom. The lowest BCUT2D eigenvalue weighted by molar-refractivity contribution is 0.0636. The van der Waals surface area contributed by atoms with Crippen molar-refractivity contribution in [2.75, 3.05) is 5.32 Å². The smallest absolute Gasteiger partial charge is 0.412 e. The number of hydrogen-bond acceptors (Lipinski definition) is 2. The third-order valence-electron chi connectivity index (χ3n) is 1.47. The zero-order valence-corrected chi connectivity index (χ0v) is 12.6. The number of carbonyl (C=O) groups excluding carboxylic acids is 1. The molecule has 0 radical (unpaired) electrons. The van der Waals surface area contributed by atoms with E-state index < -0.39 is 11.7 Å². The van der Waals surface area contributed by atoms with Crippen molar-refractivity contribution in [3.05, 3.63) is 28.7 Å². The molecule has 0 spiro atoms. The molecule has 0 atom stereocenters. The first-order valence-corrected chi connectivity index (χ1v) is 6.42. The van der Waals surface area contributed by atoms with E-state index in [-0.39, 0.29) is 0 Å². The molecule has 0 unspecified atom stereocenters. The average molecular weight is 302 g/mol. The first-order valence-electron chi connectivity index (χ1n) is 5.62. The van der Waals surface area contributed by atoms with Gasteiger partial charge in [-0.2, -0.15) is 0 Å². The molecule has 1 rings (SSSR count). The van der Waals surface area contributed by atoms with E-state index in [0.29, 0.717) is 5.69 Å². The lowest BCUT2D eigenvalue weighted by atomic mass is 10.2. The molecule has 1 N–H and O–H groups in total. The summed E-state index contributed by atoms with van der Waals surface area (Å²) in [5.74, 6) is 0. The highest BCUT2D eigenvalue weighted by Gasteiger charge is 2.15. The van der Waals surface area contributed by atoms with E-state index in [4.69, 9.17) is 4.74 Å². The van der Waals surface area contributed by atoms with Crippen LogP contribution in [0.3, 0.4) is 0 Å². The minimum Gasteiger partial charge on any atom is -0.444 e. The molecular weight excluding hydrogens is 282 g/mol. The minimum absolute atomic E-state index is 0.444. The molecule has 0 aliphatic heterocycles. The molecule has 0 saturated heterocycles. The number of carbonyl (C=O) groups is 1. The number of hydrogen-bond donors (Lipinski definition) is 1. The number of amides is 1. The first kappa shape index (κ1) is 16.0. The summed E-state index contributed by atoms with van der Waals surface area (Å²) < 4.78 is 6.03. The monoisotopic (exact) mass is 301 g/mol. The molecule has 4 heteroatoms. The Kier molecular flexibility index (Phi) is 6.88. The fourth-order valence-corrected chi connectivity index (χ4v) is 1.39. The number of halogens is 1.